The third-order valence-electron chi connectivity index (χ3n) is 1.39. The molecule has 2 N–H and O–H groups in total. The summed E-state index contributed by atoms with van der Waals surface area (Å²) in [5.41, 5.74) is 0. The summed E-state index contributed by atoms with van der Waals surface area (Å²) in [6.07, 6.45) is 3.55. The Balaban J connectivity index is 2.30. The van der Waals surface area contributed by atoms with Gasteiger partial charge in [0.1, 0.15) is 6.20 Å². The number of hydrogen-bond donors (Lipinski definition) is 2. The van der Waals surface area contributed by atoms with Crippen LogP contribution in [0.25, 0.3) is 0 Å². The smallest absolute Gasteiger partial charge is 0.268 e. The lowest BCUT2D eigenvalue weighted by molar-refractivity contribution is -0.729. The number of guanidine groups is 1. The van der Waals surface area contributed by atoms with E-state index in [1.807, 2.05) is 6.20 Å². The molecule has 4 heteroatoms. The van der Waals surface area contributed by atoms with Gasteiger partial charge >= 0.3 is 5.96 Å². The zero-order valence-electron chi connectivity index (χ0n) is 4.72. The average molecular weight is 124 g/mol. The molecule has 2 aliphatic rings. The van der Waals surface area contributed by atoms with Crippen molar-refractivity contribution in [3.05, 3.63) is 12.4 Å². The van der Waals surface area contributed by atoms with Crippen molar-refractivity contribution in [3.63, 3.8) is 0 Å². The Hall–Kier alpha value is -1.16. The van der Waals surface area contributed by atoms with E-state index in [-0.39, 0.29) is 5.91 Å². The van der Waals surface area contributed by atoms with E-state index in [9.17, 15) is 4.79 Å². The van der Waals surface area contributed by atoms with E-state index in [2.05, 4.69) is 10.3 Å². The molecule has 0 saturated carbocycles. The van der Waals surface area contributed by atoms with E-state index in [0.717, 1.165) is 10.9 Å². The highest BCUT2D eigenvalue weighted by Crippen LogP contribution is 1.82. The Morgan fingerprint density at radius 1 is 1.78 bits per heavy atom. The molecule has 1 amide bonds. The SMILES string of the molecule is O=C1C[NH+]2C=CN=C2N1. The van der Waals surface area contributed by atoms with Gasteiger partial charge in [0.2, 0.25) is 0 Å². The number of carbonyl (C=O) groups excluding carboxylic acids is 1. The topological polar surface area (TPSA) is 45.9 Å². The molecule has 2 heterocycles. The number of quaternary nitrogens is 1. The minimum Gasteiger partial charge on any atom is -0.268 e. The van der Waals surface area contributed by atoms with Crippen LogP contribution in [-0.4, -0.2) is 18.4 Å². The molecule has 0 aromatic heterocycles. The second kappa shape index (κ2) is 1.41. The van der Waals surface area contributed by atoms with Crippen LogP contribution in [0, 0.1) is 0 Å². The Morgan fingerprint density at radius 3 is 3.44 bits per heavy atom. The van der Waals surface area contributed by atoms with Crippen LogP contribution in [0.1, 0.15) is 0 Å². The fourth-order valence-electron chi connectivity index (χ4n) is 0.968. The number of hydrogen-bond acceptors (Lipinski definition) is 2. The lowest BCUT2D eigenvalue weighted by Crippen LogP contribution is -3.08. The van der Waals surface area contributed by atoms with Gasteiger partial charge in [0.15, 0.2) is 6.54 Å². The largest absolute Gasteiger partial charge is 0.312 e. The molecule has 0 radical (unpaired) electrons. The molecule has 0 aliphatic carbocycles. The Bertz CT molecular complexity index is 218. The standard InChI is InChI=1S/C5H5N3O/c9-4-3-8-2-1-6-5(8)7-4/h1-2H,3H2,(H,6,7,9)/p+1. The first-order valence-electron chi connectivity index (χ1n) is 2.77. The summed E-state index contributed by atoms with van der Waals surface area (Å²) in [4.78, 5) is 15.5. The molecular formula is C5H6N3O+. The molecule has 4 nitrogen and oxygen atoms in total. The molecule has 9 heavy (non-hydrogen) atoms. The summed E-state index contributed by atoms with van der Waals surface area (Å²) in [5, 5.41) is 2.63. The molecule has 0 aromatic carbocycles. The first kappa shape index (κ1) is 4.69. The number of aliphatic imine (C=N–C) groups is 1. The number of carbonyl (C=O) groups is 1. The van der Waals surface area contributed by atoms with Crippen molar-refractivity contribution < 1.29 is 9.69 Å². The van der Waals surface area contributed by atoms with Gasteiger partial charge in [-0.15, -0.1) is 0 Å². The first-order valence-corrected chi connectivity index (χ1v) is 2.77. The summed E-state index contributed by atoms with van der Waals surface area (Å²) in [5.74, 6) is 0.785. The first-order chi connectivity index (χ1) is 4.36. The van der Waals surface area contributed by atoms with Crippen molar-refractivity contribution >= 4 is 11.9 Å². The highest BCUT2D eigenvalue weighted by Gasteiger charge is 2.31. The van der Waals surface area contributed by atoms with Crippen LogP contribution < -0.4 is 10.2 Å². The van der Waals surface area contributed by atoms with Crippen molar-refractivity contribution in [1.29, 1.82) is 0 Å². The second-order valence-electron chi connectivity index (χ2n) is 2.04. The molecule has 2 rings (SSSR count). The summed E-state index contributed by atoms with van der Waals surface area (Å²) < 4.78 is 0. The molecule has 1 unspecified atom stereocenters. The van der Waals surface area contributed by atoms with Gasteiger partial charge in [0.05, 0.1) is 6.20 Å². The maximum Gasteiger partial charge on any atom is 0.312 e. The molecule has 0 spiro atoms. The summed E-state index contributed by atoms with van der Waals surface area (Å²) in [6.45, 7) is 0.495. The quantitative estimate of drug-likeness (QED) is 0.379. The molecule has 46 valence electrons. The van der Waals surface area contributed by atoms with E-state index < -0.39 is 0 Å². The number of fused-ring (bicyclic) bond motifs is 1. The van der Waals surface area contributed by atoms with Gasteiger partial charge in [-0.1, -0.05) is 0 Å². The normalized spacial score (nSPS) is 30.0. The number of rotatable bonds is 0. The van der Waals surface area contributed by atoms with E-state index in [1.54, 1.807) is 6.20 Å². The zero-order valence-corrected chi connectivity index (χ0v) is 4.72. The molecule has 0 bridgehead atoms. The van der Waals surface area contributed by atoms with E-state index in [1.165, 1.54) is 0 Å². The molecule has 1 atom stereocenters. The third-order valence-corrected chi connectivity index (χ3v) is 1.39. The Morgan fingerprint density at radius 2 is 2.67 bits per heavy atom. The highest BCUT2D eigenvalue weighted by molar-refractivity contribution is 5.98. The molecule has 2 aliphatic heterocycles. The van der Waals surface area contributed by atoms with Gasteiger partial charge in [-0.25, -0.2) is 4.90 Å². The van der Waals surface area contributed by atoms with Crippen molar-refractivity contribution in [2.45, 2.75) is 0 Å². The maximum absolute atomic E-state index is 10.6. The number of nitrogens with one attached hydrogen (secondary N) is 2. The molecule has 0 aromatic rings. The van der Waals surface area contributed by atoms with Crippen molar-refractivity contribution in [2.75, 3.05) is 6.54 Å². The molecular weight excluding hydrogens is 118 g/mol. The fraction of sp³-hybridized carbons (Fsp3) is 0.200. The lowest BCUT2D eigenvalue weighted by atomic mass is 10.6. The minimum absolute atomic E-state index is 0.0492. The average Bonchev–Trinajstić information content (AvgIpc) is 2.22. The van der Waals surface area contributed by atoms with E-state index >= 15 is 0 Å². The minimum atomic E-state index is 0.0492. The summed E-state index contributed by atoms with van der Waals surface area (Å²) in [6, 6.07) is 0. The van der Waals surface area contributed by atoms with Gasteiger partial charge in [0, 0.05) is 0 Å². The van der Waals surface area contributed by atoms with Crippen LogP contribution >= 0.6 is 0 Å². The van der Waals surface area contributed by atoms with Crippen LogP contribution in [0.3, 0.4) is 0 Å². The summed E-state index contributed by atoms with van der Waals surface area (Å²) in [7, 11) is 0. The van der Waals surface area contributed by atoms with Gasteiger partial charge in [-0.3, -0.25) is 10.1 Å². The fourth-order valence-corrected chi connectivity index (χ4v) is 0.968. The van der Waals surface area contributed by atoms with Crippen LogP contribution in [0.5, 0.6) is 0 Å². The summed E-state index contributed by atoms with van der Waals surface area (Å²) >= 11 is 0. The maximum atomic E-state index is 10.6. The monoisotopic (exact) mass is 124 g/mol. The van der Waals surface area contributed by atoms with Crippen molar-refractivity contribution in [1.82, 2.24) is 5.32 Å². The second-order valence-corrected chi connectivity index (χ2v) is 2.04. The van der Waals surface area contributed by atoms with Crippen LogP contribution in [-0.2, 0) is 4.79 Å². The predicted octanol–water partition coefficient (Wildman–Crippen LogP) is -2.16. The molecule has 1 fully saturated rings. The number of amides is 1. The van der Waals surface area contributed by atoms with Gasteiger partial charge in [-0.2, -0.15) is 4.99 Å². The number of nitrogens with zero attached hydrogens (tertiary/aromatic N) is 1. The predicted molar refractivity (Wildman–Crippen MR) is 30.5 cm³/mol. The van der Waals surface area contributed by atoms with Gasteiger partial charge in [0.25, 0.3) is 5.91 Å². The van der Waals surface area contributed by atoms with Crippen LogP contribution in [0.15, 0.2) is 17.4 Å². The zero-order chi connectivity index (χ0) is 6.27. The van der Waals surface area contributed by atoms with Crippen LogP contribution in [0.4, 0.5) is 0 Å². The van der Waals surface area contributed by atoms with E-state index in [0.29, 0.717) is 6.54 Å². The Kier molecular flexibility index (Phi) is 0.738. The van der Waals surface area contributed by atoms with E-state index in [4.69, 9.17) is 0 Å². The van der Waals surface area contributed by atoms with Crippen molar-refractivity contribution in [2.24, 2.45) is 4.99 Å². The van der Waals surface area contributed by atoms with Gasteiger partial charge < -0.3 is 0 Å². The highest BCUT2D eigenvalue weighted by atomic mass is 16.2. The Labute approximate surface area is 51.9 Å². The van der Waals surface area contributed by atoms with Crippen molar-refractivity contribution in [3.8, 4) is 0 Å². The molecule has 1 saturated heterocycles. The lowest BCUT2D eigenvalue weighted by Gasteiger charge is -1.93. The van der Waals surface area contributed by atoms with Crippen LogP contribution in [0.2, 0.25) is 0 Å². The third kappa shape index (κ3) is 0.565. The van der Waals surface area contributed by atoms with Gasteiger partial charge in [-0.05, 0) is 0 Å².